The number of amides is 1. The van der Waals surface area contributed by atoms with Crippen LogP contribution in [0.15, 0.2) is 4.36 Å². The third-order valence-electron chi connectivity index (χ3n) is 1.16. The molecule has 0 bridgehead atoms. The fourth-order valence-corrected chi connectivity index (χ4v) is 0.806. The Labute approximate surface area is 68.6 Å². The van der Waals surface area contributed by atoms with Gasteiger partial charge in [-0.2, -0.15) is 8.42 Å². The lowest BCUT2D eigenvalue weighted by Gasteiger charge is -2.30. The predicted octanol–water partition coefficient (Wildman–Crippen LogP) is -0.246. The SMILES string of the molecule is O=C(N=S(=O)=O)ON1CC(F)C1. The van der Waals surface area contributed by atoms with Gasteiger partial charge in [0.1, 0.15) is 6.17 Å². The third kappa shape index (κ3) is 2.55. The van der Waals surface area contributed by atoms with E-state index in [0.717, 1.165) is 5.06 Å². The van der Waals surface area contributed by atoms with E-state index in [4.69, 9.17) is 0 Å². The Morgan fingerprint density at radius 1 is 1.58 bits per heavy atom. The highest BCUT2D eigenvalue weighted by Crippen LogP contribution is 2.11. The van der Waals surface area contributed by atoms with Gasteiger partial charge < -0.3 is 4.84 Å². The van der Waals surface area contributed by atoms with Gasteiger partial charge in [0.25, 0.3) is 0 Å². The number of carbonyl (C=O) groups excluding carboxylic acids is 1. The summed E-state index contributed by atoms with van der Waals surface area (Å²) in [5.74, 6) is 0. The van der Waals surface area contributed by atoms with Gasteiger partial charge in [0.05, 0.1) is 13.1 Å². The Kier molecular flexibility index (Phi) is 2.71. The van der Waals surface area contributed by atoms with Crippen LogP contribution in [-0.4, -0.2) is 38.8 Å². The Morgan fingerprint density at radius 3 is 2.58 bits per heavy atom. The molecular formula is C4H5FN2O4S. The minimum absolute atomic E-state index is 0.0350. The number of hydrogen-bond donors (Lipinski definition) is 0. The maximum absolute atomic E-state index is 12.1. The Morgan fingerprint density at radius 2 is 2.17 bits per heavy atom. The van der Waals surface area contributed by atoms with E-state index in [1.54, 1.807) is 0 Å². The van der Waals surface area contributed by atoms with E-state index in [-0.39, 0.29) is 13.1 Å². The highest BCUT2D eigenvalue weighted by Gasteiger charge is 2.29. The highest BCUT2D eigenvalue weighted by molar-refractivity contribution is 7.62. The topological polar surface area (TPSA) is 76.0 Å². The number of hydrogen-bond acceptors (Lipinski definition) is 5. The first kappa shape index (κ1) is 9.07. The van der Waals surface area contributed by atoms with Crippen molar-refractivity contribution in [3.8, 4) is 0 Å². The van der Waals surface area contributed by atoms with Crippen LogP contribution in [0, 0.1) is 0 Å². The molecule has 0 unspecified atom stereocenters. The molecule has 0 aromatic carbocycles. The van der Waals surface area contributed by atoms with Crippen LogP contribution in [0.4, 0.5) is 9.18 Å². The zero-order valence-electron chi connectivity index (χ0n) is 5.81. The maximum atomic E-state index is 12.1. The highest BCUT2D eigenvalue weighted by atomic mass is 32.2. The Bertz CT molecular complexity index is 299. The van der Waals surface area contributed by atoms with Gasteiger partial charge in [-0.1, -0.05) is 4.36 Å². The normalized spacial score (nSPS) is 18.1. The van der Waals surface area contributed by atoms with E-state index in [1.807, 2.05) is 0 Å². The van der Waals surface area contributed by atoms with Crippen LogP contribution in [-0.2, 0) is 15.3 Å². The summed E-state index contributed by atoms with van der Waals surface area (Å²) in [4.78, 5) is 14.7. The quantitative estimate of drug-likeness (QED) is 0.578. The number of rotatable bonds is 1. The number of halogens is 1. The molecule has 1 fully saturated rings. The third-order valence-corrected chi connectivity index (χ3v) is 1.46. The van der Waals surface area contributed by atoms with Crippen LogP contribution in [0.1, 0.15) is 0 Å². The molecule has 0 aliphatic carbocycles. The summed E-state index contributed by atoms with van der Waals surface area (Å²) in [6.07, 6.45) is -2.27. The molecule has 0 radical (unpaired) electrons. The summed E-state index contributed by atoms with van der Waals surface area (Å²) >= 11 is 0. The van der Waals surface area contributed by atoms with E-state index in [9.17, 15) is 17.6 Å². The molecule has 8 heteroatoms. The fourth-order valence-electron chi connectivity index (χ4n) is 0.651. The van der Waals surface area contributed by atoms with Crippen molar-refractivity contribution in [2.24, 2.45) is 4.36 Å². The Balaban J connectivity index is 2.33. The molecular weight excluding hydrogens is 191 g/mol. The molecule has 12 heavy (non-hydrogen) atoms. The van der Waals surface area contributed by atoms with Crippen molar-refractivity contribution in [3.05, 3.63) is 0 Å². The summed E-state index contributed by atoms with van der Waals surface area (Å²) in [5, 5.41) is 0.989. The van der Waals surface area contributed by atoms with Crippen LogP contribution in [0.2, 0.25) is 0 Å². The van der Waals surface area contributed by atoms with Crippen molar-refractivity contribution in [3.63, 3.8) is 0 Å². The van der Waals surface area contributed by atoms with Gasteiger partial charge in [-0.3, -0.25) is 0 Å². The smallest absolute Gasteiger partial charge is 0.348 e. The number of nitrogens with zero attached hydrogens (tertiary/aromatic N) is 2. The van der Waals surface area contributed by atoms with Gasteiger partial charge in [-0.05, 0) is 0 Å². The molecule has 6 nitrogen and oxygen atoms in total. The first-order valence-corrected chi connectivity index (χ1v) is 4.03. The average molecular weight is 196 g/mol. The van der Waals surface area contributed by atoms with Gasteiger partial charge in [-0.25, -0.2) is 9.18 Å². The van der Waals surface area contributed by atoms with Gasteiger partial charge in [-0.15, -0.1) is 5.06 Å². The van der Waals surface area contributed by atoms with Gasteiger partial charge in [0.15, 0.2) is 0 Å². The molecule has 68 valence electrons. The van der Waals surface area contributed by atoms with Crippen molar-refractivity contribution < 1.29 is 22.4 Å². The van der Waals surface area contributed by atoms with Crippen molar-refractivity contribution in [2.45, 2.75) is 6.17 Å². The van der Waals surface area contributed by atoms with E-state index in [1.165, 1.54) is 0 Å². The van der Waals surface area contributed by atoms with Crippen LogP contribution < -0.4 is 0 Å². The first-order chi connectivity index (χ1) is 5.58. The maximum Gasteiger partial charge on any atom is 0.467 e. The number of alkyl halides is 1. The molecule has 0 atom stereocenters. The molecule has 1 aliphatic rings. The second-order valence-electron chi connectivity index (χ2n) is 2.11. The second-order valence-corrected chi connectivity index (χ2v) is 2.73. The molecule has 0 aromatic rings. The molecule has 1 aliphatic heterocycles. The standard InChI is InChI=1S/C4H5FN2O4S/c5-3-1-7(2-3)11-4(8)6-12(9)10/h3H,1-2H2. The summed E-state index contributed by atoms with van der Waals surface area (Å²) in [7, 11) is -2.82. The van der Waals surface area contributed by atoms with Crippen molar-refractivity contribution in [2.75, 3.05) is 13.1 Å². The lowest BCUT2D eigenvalue weighted by Crippen LogP contribution is -2.48. The number of hydroxylamine groups is 2. The molecule has 1 heterocycles. The zero-order chi connectivity index (χ0) is 9.14. The van der Waals surface area contributed by atoms with Crippen LogP contribution in [0.5, 0.6) is 0 Å². The van der Waals surface area contributed by atoms with Crippen LogP contribution in [0.25, 0.3) is 0 Å². The van der Waals surface area contributed by atoms with E-state index in [0.29, 0.717) is 0 Å². The van der Waals surface area contributed by atoms with Crippen molar-refractivity contribution in [1.82, 2.24) is 5.06 Å². The minimum atomic E-state index is -2.82. The summed E-state index contributed by atoms with van der Waals surface area (Å²) < 4.78 is 34.2. The molecule has 0 saturated carbocycles. The molecule has 1 amide bonds. The predicted molar refractivity (Wildman–Crippen MR) is 34.3 cm³/mol. The summed E-state index contributed by atoms with van der Waals surface area (Å²) in [6, 6.07) is 0. The van der Waals surface area contributed by atoms with E-state index < -0.39 is 22.8 Å². The van der Waals surface area contributed by atoms with Gasteiger partial charge in [0, 0.05) is 0 Å². The van der Waals surface area contributed by atoms with Crippen LogP contribution >= 0.6 is 0 Å². The summed E-state index contributed by atoms with van der Waals surface area (Å²) in [6.45, 7) is -0.0699. The summed E-state index contributed by atoms with van der Waals surface area (Å²) in [5.41, 5.74) is 0. The molecule has 0 aromatic heterocycles. The van der Waals surface area contributed by atoms with E-state index in [2.05, 4.69) is 9.20 Å². The molecule has 0 spiro atoms. The lowest BCUT2D eigenvalue weighted by molar-refractivity contribution is -0.170. The second kappa shape index (κ2) is 3.59. The monoisotopic (exact) mass is 196 g/mol. The van der Waals surface area contributed by atoms with E-state index >= 15 is 0 Å². The fraction of sp³-hybridized carbons (Fsp3) is 0.750. The lowest BCUT2D eigenvalue weighted by atomic mass is 10.2. The van der Waals surface area contributed by atoms with Gasteiger partial charge in [0.2, 0.25) is 0 Å². The Hall–Kier alpha value is -1.02. The minimum Gasteiger partial charge on any atom is -0.348 e. The first-order valence-electron chi connectivity index (χ1n) is 3.00. The van der Waals surface area contributed by atoms with Crippen molar-refractivity contribution >= 4 is 16.6 Å². The molecule has 1 saturated heterocycles. The average Bonchev–Trinajstić information content (AvgIpc) is 1.82. The largest absolute Gasteiger partial charge is 0.467 e. The molecule has 0 N–H and O–H groups in total. The molecule has 1 rings (SSSR count). The van der Waals surface area contributed by atoms with Gasteiger partial charge >= 0.3 is 16.6 Å². The number of carbonyl (C=O) groups is 1. The zero-order valence-corrected chi connectivity index (χ0v) is 6.62. The van der Waals surface area contributed by atoms with Crippen molar-refractivity contribution in [1.29, 1.82) is 0 Å². The van der Waals surface area contributed by atoms with Crippen LogP contribution in [0.3, 0.4) is 0 Å².